The van der Waals surface area contributed by atoms with E-state index in [1.807, 2.05) is 0 Å². The van der Waals surface area contributed by atoms with Gasteiger partial charge in [0.1, 0.15) is 5.82 Å². The lowest BCUT2D eigenvalue weighted by molar-refractivity contribution is 0.204. The zero-order chi connectivity index (χ0) is 10.2. The largest absolute Gasteiger partial charge is 0.394 e. The zero-order valence-corrected chi connectivity index (χ0v) is 7.86. The topological polar surface area (TPSA) is 87.8 Å². The quantitative estimate of drug-likeness (QED) is 0.630. The molecule has 2 rings (SSSR count). The predicted octanol–water partition coefficient (Wildman–Crippen LogP) is 0.124. The lowest BCUT2D eigenvalue weighted by atomic mass is 10.1. The Kier molecular flexibility index (Phi) is 1.98. The van der Waals surface area contributed by atoms with Gasteiger partial charge in [-0.2, -0.15) is 0 Å². The molecule has 0 aliphatic carbocycles. The first-order chi connectivity index (χ1) is 6.63. The van der Waals surface area contributed by atoms with Gasteiger partial charge in [-0.15, -0.1) is 0 Å². The second kappa shape index (κ2) is 3.04. The van der Waals surface area contributed by atoms with Crippen molar-refractivity contribution in [3.05, 3.63) is 24.3 Å². The number of hydrogen-bond acceptors (Lipinski definition) is 4. The fraction of sp³-hybridized carbons (Fsp3) is 0.333. The number of pyridine rings is 1. The standard InChI is InChI=1S/C9H12N4O/c1-9(10,5-14)8-12-6-2-3-11-4-7(6)13-8/h2-4,14H,5,10H2,1H3,(H,12,13). The van der Waals surface area contributed by atoms with Crippen LogP contribution in [-0.2, 0) is 5.54 Å². The van der Waals surface area contributed by atoms with Crippen LogP contribution in [0.4, 0.5) is 0 Å². The summed E-state index contributed by atoms with van der Waals surface area (Å²) in [5, 5.41) is 9.07. The lowest BCUT2D eigenvalue weighted by Gasteiger charge is -2.17. The summed E-state index contributed by atoms with van der Waals surface area (Å²) in [5.74, 6) is 0.572. The molecule has 0 aromatic carbocycles. The summed E-state index contributed by atoms with van der Waals surface area (Å²) >= 11 is 0. The first kappa shape index (κ1) is 9.11. The summed E-state index contributed by atoms with van der Waals surface area (Å²) in [5.41, 5.74) is 6.63. The maximum absolute atomic E-state index is 9.07. The third-order valence-corrected chi connectivity index (χ3v) is 2.15. The molecule has 14 heavy (non-hydrogen) atoms. The SMILES string of the molecule is CC(N)(CO)c1nc2ccncc2[nH]1. The Hall–Kier alpha value is -1.46. The molecule has 2 heterocycles. The number of aromatic nitrogens is 3. The van der Waals surface area contributed by atoms with Gasteiger partial charge in [-0.1, -0.05) is 0 Å². The van der Waals surface area contributed by atoms with Crippen molar-refractivity contribution in [2.45, 2.75) is 12.5 Å². The molecule has 0 aliphatic rings. The molecule has 0 spiro atoms. The normalized spacial score (nSPS) is 15.6. The van der Waals surface area contributed by atoms with E-state index < -0.39 is 5.54 Å². The third kappa shape index (κ3) is 1.36. The Morgan fingerprint density at radius 2 is 2.43 bits per heavy atom. The lowest BCUT2D eigenvalue weighted by Crippen LogP contribution is -2.38. The van der Waals surface area contributed by atoms with Gasteiger partial charge in [0.05, 0.1) is 29.4 Å². The molecule has 2 aromatic heterocycles. The van der Waals surface area contributed by atoms with E-state index in [1.54, 1.807) is 25.4 Å². The van der Waals surface area contributed by atoms with Gasteiger partial charge in [-0.05, 0) is 13.0 Å². The molecule has 0 saturated heterocycles. The van der Waals surface area contributed by atoms with Gasteiger partial charge in [0.2, 0.25) is 0 Å². The number of nitrogens with one attached hydrogen (secondary N) is 1. The number of fused-ring (bicyclic) bond motifs is 1. The summed E-state index contributed by atoms with van der Waals surface area (Å²) in [6, 6.07) is 1.79. The zero-order valence-electron chi connectivity index (χ0n) is 7.86. The molecular formula is C9H12N4O. The number of aliphatic hydroxyl groups excluding tert-OH is 1. The third-order valence-electron chi connectivity index (χ3n) is 2.15. The summed E-state index contributed by atoms with van der Waals surface area (Å²) in [7, 11) is 0. The van der Waals surface area contributed by atoms with Crippen molar-refractivity contribution in [2.24, 2.45) is 5.73 Å². The van der Waals surface area contributed by atoms with Crippen LogP contribution in [0, 0.1) is 0 Å². The Balaban J connectivity index is 2.55. The van der Waals surface area contributed by atoms with E-state index in [1.165, 1.54) is 0 Å². The smallest absolute Gasteiger partial charge is 0.129 e. The van der Waals surface area contributed by atoms with Crippen LogP contribution in [0.3, 0.4) is 0 Å². The van der Waals surface area contributed by atoms with E-state index in [4.69, 9.17) is 10.8 Å². The minimum Gasteiger partial charge on any atom is -0.394 e. The second-order valence-electron chi connectivity index (χ2n) is 3.55. The minimum absolute atomic E-state index is 0.153. The molecule has 1 unspecified atom stereocenters. The fourth-order valence-corrected chi connectivity index (χ4v) is 1.20. The molecule has 4 N–H and O–H groups in total. The number of aromatic amines is 1. The Morgan fingerprint density at radius 1 is 1.64 bits per heavy atom. The van der Waals surface area contributed by atoms with Gasteiger partial charge >= 0.3 is 0 Å². The average Bonchev–Trinajstić information content (AvgIpc) is 2.61. The predicted molar refractivity (Wildman–Crippen MR) is 52.5 cm³/mol. The van der Waals surface area contributed by atoms with Crippen molar-refractivity contribution in [3.8, 4) is 0 Å². The average molecular weight is 192 g/mol. The highest BCUT2D eigenvalue weighted by molar-refractivity contribution is 5.73. The Bertz CT molecular complexity index is 416. The van der Waals surface area contributed by atoms with Crippen molar-refractivity contribution in [3.63, 3.8) is 0 Å². The molecule has 0 bridgehead atoms. The number of nitrogens with two attached hydrogens (primary N) is 1. The first-order valence-corrected chi connectivity index (χ1v) is 4.33. The molecule has 74 valence electrons. The number of hydrogen-bond donors (Lipinski definition) is 3. The van der Waals surface area contributed by atoms with Crippen molar-refractivity contribution in [1.29, 1.82) is 0 Å². The number of aliphatic hydroxyl groups is 1. The van der Waals surface area contributed by atoms with E-state index in [-0.39, 0.29) is 6.61 Å². The maximum atomic E-state index is 9.07. The van der Waals surface area contributed by atoms with E-state index in [9.17, 15) is 0 Å². The highest BCUT2D eigenvalue weighted by Crippen LogP contribution is 2.17. The Morgan fingerprint density at radius 3 is 3.07 bits per heavy atom. The highest BCUT2D eigenvalue weighted by Gasteiger charge is 2.23. The molecule has 0 fully saturated rings. The van der Waals surface area contributed by atoms with Crippen LogP contribution in [0.25, 0.3) is 11.0 Å². The molecule has 5 heteroatoms. The molecule has 0 amide bonds. The molecule has 5 nitrogen and oxygen atoms in total. The van der Waals surface area contributed by atoms with E-state index in [0.717, 1.165) is 11.0 Å². The van der Waals surface area contributed by atoms with Crippen molar-refractivity contribution < 1.29 is 5.11 Å². The molecule has 0 aliphatic heterocycles. The van der Waals surface area contributed by atoms with Crippen LogP contribution in [0.5, 0.6) is 0 Å². The van der Waals surface area contributed by atoms with E-state index >= 15 is 0 Å². The van der Waals surface area contributed by atoms with Crippen molar-refractivity contribution in [1.82, 2.24) is 15.0 Å². The van der Waals surface area contributed by atoms with Gasteiger partial charge in [0, 0.05) is 6.20 Å². The van der Waals surface area contributed by atoms with Crippen molar-refractivity contribution >= 4 is 11.0 Å². The molecule has 2 aromatic rings. The number of nitrogens with zero attached hydrogens (tertiary/aromatic N) is 2. The van der Waals surface area contributed by atoms with Gasteiger partial charge < -0.3 is 15.8 Å². The van der Waals surface area contributed by atoms with E-state index in [0.29, 0.717) is 5.82 Å². The molecule has 1 atom stereocenters. The second-order valence-corrected chi connectivity index (χ2v) is 3.55. The fourth-order valence-electron chi connectivity index (χ4n) is 1.20. The van der Waals surface area contributed by atoms with Crippen LogP contribution in [0.1, 0.15) is 12.7 Å². The van der Waals surface area contributed by atoms with Gasteiger partial charge in [0.25, 0.3) is 0 Å². The van der Waals surface area contributed by atoms with Gasteiger partial charge in [0.15, 0.2) is 0 Å². The Labute approximate surface area is 81.0 Å². The van der Waals surface area contributed by atoms with Crippen LogP contribution in [-0.4, -0.2) is 26.7 Å². The highest BCUT2D eigenvalue weighted by atomic mass is 16.3. The number of rotatable bonds is 2. The summed E-state index contributed by atoms with van der Waals surface area (Å²) < 4.78 is 0. The van der Waals surface area contributed by atoms with Crippen molar-refractivity contribution in [2.75, 3.05) is 6.61 Å². The minimum atomic E-state index is -0.834. The number of H-pyrrole nitrogens is 1. The summed E-state index contributed by atoms with van der Waals surface area (Å²) in [6.07, 6.45) is 3.35. The van der Waals surface area contributed by atoms with Crippen LogP contribution in [0.15, 0.2) is 18.5 Å². The van der Waals surface area contributed by atoms with Gasteiger partial charge in [-0.25, -0.2) is 4.98 Å². The van der Waals surface area contributed by atoms with Crippen LogP contribution in [0.2, 0.25) is 0 Å². The van der Waals surface area contributed by atoms with E-state index in [2.05, 4.69) is 15.0 Å². The summed E-state index contributed by atoms with van der Waals surface area (Å²) in [4.78, 5) is 11.3. The molecule has 0 radical (unpaired) electrons. The van der Waals surface area contributed by atoms with Crippen LogP contribution >= 0.6 is 0 Å². The first-order valence-electron chi connectivity index (χ1n) is 4.33. The summed E-state index contributed by atoms with van der Waals surface area (Å²) in [6.45, 7) is 1.57. The molecular weight excluding hydrogens is 180 g/mol. The monoisotopic (exact) mass is 192 g/mol. The molecule has 0 saturated carbocycles. The van der Waals surface area contributed by atoms with Crippen LogP contribution < -0.4 is 5.73 Å². The number of imidazole rings is 1. The maximum Gasteiger partial charge on any atom is 0.129 e. The van der Waals surface area contributed by atoms with Gasteiger partial charge in [-0.3, -0.25) is 4.98 Å².